The Labute approximate surface area is 169 Å². The van der Waals surface area contributed by atoms with E-state index in [2.05, 4.69) is 10.2 Å². The number of hydrogen-bond acceptors (Lipinski definition) is 7. The quantitative estimate of drug-likeness (QED) is 0.504. The minimum atomic E-state index is -3.94. The Morgan fingerprint density at radius 2 is 1.66 bits per heavy atom. The summed E-state index contributed by atoms with van der Waals surface area (Å²) in [6.45, 7) is 1.70. The van der Waals surface area contributed by atoms with Crippen molar-refractivity contribution in [1.82, 2.24) is 15.0 Å². The number of aliphatic hydroxyl groups is 1. The van der Waals surface area contributed by atoms with Crippen LogP contribution >= 0.6 is 0 Å². The third kappa shape index (κ3) is 6.20. The zero-order valence-corrected chi connectivity index (χ0v) is 16.8. The summed E-state index contributed by atoms with van der Waals surface area (Å²) in [6.07, 6.45) is 1.61. The normalized spacial score (nSPS) is 13.9. The highest BCUT2D eigenvalue weighted by Gasteiger charge is 2.20. The van der Waals surface area contributed by atoms with Crippen LogP contribution in [-0.2, 0) is 25.6 Å². The van der Waals surface area contributed by atoms with Crippen molar-refractivity contribution in [3.05, 3.63) is 78.1 Å². The van der Waals surface area contributed by atoms with E-state index in [-0.39, 0.29) is 11.5 Å². The highest BCUT2D eigenvalue weighted by Crippen LogP contribution is 2.19. The molecule has 0 aliphatic rings. The molecule has 0 aliphatic heterocycles. The Balaban J connectivity index is 1.57. The lowest BCUT2D eigenvalue weighted by molar-refractivity contribution is -0.0332. The van der Waals surface area contributed by atoms with Gasteiger partial charge in [-0.3, -0.25) is 4.18 Å². The Morgan fingerprint density at radius 3 is 2.31 bits per heavy atom. The van der Waals surface area contributed by atoms with Gasteiger partial charge in [0, 0.05) is 0 Å². The molecular weight excluding hydrogens is 394 g/mol. The topological polar surface area (TPSA) is 104 Å². The predicted octanol–water partition coefficient (Wildman–Crippen LogP) is 2.11. The SMILES string of the molecule is Cc1ccc(S(=O)(=O)OC[C@H](O)COC(Cn2nccn2)c2ccccc2)cc1. The van der Waals surface area contributed by atoms with Gasteiger partial charge in [0.15, 0.2) is 0 Å². The lowest BCUT2D eigenvalue weighted by Crippen LogP contribution is -2.26. The molecule has 0 saturated heterocycles. The molecule has 1 aromatic heterocycles. The molecule has 0 bridgehead atoms. The van der Waals surface area contributed by atoms with Gasteiger partial charge in [0.25, 0.3) is 10.1 Å². The molecule has 9 heteroatoms. The maximum Gasteiger partial charge on any atom is 0.297 e. The third-order valence-corrected chi connectivity index (χ3v) is 5.48. The van der Waals surface area contributed by atoms with Crippen LogP contribution in [0, 0.1) is 6.92 Å². The minimum Gasteiger partial charge on any atom is -0.388 e. The average Bonchev–Trinajstić information content (AvgIpc) is 3.24. The molecule has 2 aromatic carbocycles. The molecule has 0 saturated carbocycles. The van der Waals surface area contributed by atoms with Gasteiger partial charge in [0.2, 0.25) is 0 Å². The number of rotatable bonds is 10. The fourth-order valence-electron chi connectivity index (χ4n) is 2.62. The molecule has 3 rings (SSSR count). The first kappa shape index (κ1) is 21.1. The molecule has 1 N–H and O–H groups in total. The largest absolute Gasteiger partial charge is 0.388 e. The zero-order chi connectivity index (χ0) is 20.7. The lowest BCUT2D eigenvalue weighted by Gasteiger charge is -2.20. The number of nitrogens with zero attached hydrogens (tertiary/aromatic N) is 3. The summed E-state index contributed by atoms with van der Waals surface area (Å²) < 4.78 is 35.2. The van der Waals surface area contributed by atoms with Gasteiger partial charge in [-0.1, -0.05) is 48.0 Å². The van der Waals surface area contributed by atoms with Crippen LogP contribution in [0.15, 0.2) is 71.9 Å². The monoisotopic (exact) mass is 417 g/mol. The van der Waals surface area contributed by atoms with E-state index in [0.717, 1.165) is 11.1 Å². The smallest absolute Gasteiger partial charge is 0.297 e. The van der Waals surface area contributed by atoms with Gasteiger partial charge >= 0.3 is 0 Å². The molecule has 1 unspecified atom stereocenters. The maximum atomic E-state index is 12.2. The molecule has 0 aliphatic carbocycles. The number of ether oxygens (including phenoxy) is 1. The van der Waals surface area contributed by atoms with E-state index < -0.39 is 28.9 Å². The van der Waals surface area contributed by atoms with Gasteiger partial charge < -0.3 is 9.84 Å². The van der Waals surface area contributed by atoms with Gasteiger partial charge in [-0.25, -0.2) is 0 Å². The summed E-state index contributed by atoms with van der Waals surface area (Å²) in [5, 5.41) is 18.3. The van der Waals surface area contributed by atoms with Crippen LogP contribution in [0.5, 0.6) is 0 Å². The van der Waals surface area contributed by atoms with E-state index in [1.54, 1.807) is 24.5 Å². The second-order valence-electron chi connectivity index (χ2n) is 6.52. The van der Waals surface area contributed by atoms with Crippen LogP contribution in [0.25, 0.3) is 0 Å². The number of aromatic nitrogens is 3. The van der Waals surface area contributed by atoms with Crippen LogP contribution in [0.1, 0.15) is 17.2 Å². The fraction of sp³-hybridized carbons (Fsp3) is 0.300. The van der Waals surface area contributed by atoms with Crippen molar-refractivity contribution in [1.29, 1.82) is 0 Å². The molecule has 0 amide bonds. The summed E-state index contributed by atoms with van der Waals surface area (Å²) in [7, 11) is -3.94. The zero-order valence-electron chi connectivity index (χ0n) is 16.0. The number of aryl methyl sites for hydroxylation is 1. The molecule has 3 aromatic rings. The molecule has 1 heterocycles. The van der Waals surface area contributed by atoms with Crippen molar-refractivity contribution in [3.63, 3.8) is 0 Å². The summed E-state index contributed by atoms with van der Waals surface area (Å²) >= 11 is 0. The Hall–Kier alpha value is -2.59. The number of benzene rings is 2. The van der Waals surface area contributed by atoms with E-state index in [1.807, 2.05) is 37.3 Å². The predicted molar refractivity (Wildman–Crippen MR) is 105 cm³/mol. The molecule has 0 radical (unpaired) electrons. The van der Waals surface area contributed by atoms with Crippen LogP contribution < -0.4 is 0 Å². The highest BCUT2D eigenvalue weighted by atomic mass is 32.2. The summed E-state index contributed by atoms with van der Waals surface area (Å²) in [5.41, 5.74) is 1.83. The summed E-state index contributed by atoms with van der Waals surface area (Å²) in [4.78, 5) is 1.53. The second kappa shape index (κ2) is 9.75. The van der Waals surface area contributed by atoms with E-state index in [0.29, 0.717) is 6.54 Å². The van der Waals surface area contributed by atoms with E-state index in [1.165, 1.54) is 16.9 Å². The Morgan fingerprint density at radius 1 is 1.00 bits per heavy atom. The molecule has 29 heavy (non-hydrogen) atoms. The standard InChI is InChI=1S/C20H23N3O5S/c1-16-7-9-19(10-8-16)29(25,26)28-15-18(24)14-27-20(13-23-21-11-12-22-23)17-5-3-2-4-6-17/h2-12,18,20,24H,13-15H2,1H3/t18-,20?/m1/s1. The Bertz CT molecular complexity index is 977. The first-order valence-electron chi connectivity index (χ1n) is 9.09. The van der Waals surface area contributed by atoms with Crippen molar-refractivity contribution in [2.75, 3.05) is 13.2 Å². The van der Waals surface area contributed by atoms with Gasteiger partial charge in [-0.15, -0.1) is 0 Å². The first-order chi connectivity index (χ1) is 13.9. The second-order valence-corrected chi connectivity index (χ2v) is 8.14. The van der Waals surface area contributed by atoms with Crippen LogP contribution in [0.2, 0.25) is 0 Å². The van der Waals surface area contributed by atoms with Crippen molar-refractivity contribution >= 4 is 10.1 Å². The summed E-state index contributed by atoms with van der Waals surface area (Å²) in [6, 6.07) is 15.8. The molecule has 2 atom stereocenters. The molecule has 0 fully saturated rings. The van der Waals surface area contributed by atoms with Gasteiger partial charge in [0.05, 0.1) is 37.0 Å². The van der Waals surface area contributed by atoms with Crippen molar-refractivity contribution in [3.8, 4) is 0 Å². The van der Waals surface area contributed by atoms with Gasteiger partial charge in [-0.2, -0.15) is 23.4 Å². The molecule has 8 nitrogen and oxygen atoms in total. The Kier molecular flexibility index (Phi) is 7.10. The third-order valence-electron chi connectivity index (χ3n) is 4.18. The molecule has 0 spiro atoms. The first-order valence-corrected chi connectivity index (χ1v) is 10.5. The number of aliphatic hydroxyl groups excluding tert-OH is 1. The van der Waals surface area contributed by atoms with Crippen molar-refractivity contribution in [2.45, 2.75) is 30.6 Å². The summed E-state index contributed by atoms with van der Waals surface area (Å²) in [5.74, 6) is 0. The van der Waals surface area contributed by atoms with Gasteiger partial charge in [-0.05, 0) is 24.6 Å². The lowest BCUT2D eigenvalue weighted by atomic mass is 10.1. The van der Waals surface area contributed by atoms with E-state index in [9.17, 15) is 13.5 Å². The van der Waals surface area contributed by atoms with E-state index >= 15 is 0 Å². The van der Waals surface area contributed by atoms with Crippen LogP contribution in [0.3, 0.4) is 0 Å². The van der Waals surface area contributed by atoms with Crippen molar-refractivity contribution in [2.24, 2.45) is 0 Å². The van der Waals surface area contributed by atoms with E-state index in [4.69, 9.17) is 8.92 Å². The fourth-order valence-corrected chi connectivity index (χ4v) is 3.57. The highest BCUT2D eigenvalue weighted by molar-refractivity contribution is 7.86. The maximum absolute atomic E-state index is 12.2. The van der Waals surface area contributed by atoms with Crippen LogP contribution in [-0.4, -0.2) is 47.8 Å². The minimum absolute atomic E-state index is 0.0446. The van der Waals surface area contributed by atoms with Crippen LogP contribution in [0.4, 0.5) is 0 Å². The molecule has 154 valence electrons. The molecular formula is C20H23N3O5S. The van der Waals surface area contributed by atoms with Gasteiger partial charge in [0.1, 0.15) is 12.2 Å². The average molecular weight is 417 g/mol. The van der Waals surface area contributed by atoms with Crippen molar-refractivity contribution < 1.29 is 22.4 Å². The number of hydrogen-bond donors (Lipinski definition) is 1.